The summed E-state index contributed by atoms with van der Waals surface area (Å²) in [5.74, 6) is 0.271. The molecule has 0 fully saturated rings. The molecule has 0 bridgehead atoms. The smallest absolute Gasteiger partial charge is 0.276 e. The molecule has 0 radical (unpaired) electrons. The zero-order valence-electron chi connectivity index (χ0n) is 15.4. The summed E-state index contributed by atoms with van der Waals surface area (Å²) in [4.78, 5) is 29.4. The number of anilines is 1. The minimum Gasteiger partial charge on any atom is -0.444 e. The van der Waals surface area contributed by atoms with Crippen LogP contribution in [0, 0.1) is 0 Å². The van der Waals surface area contributed by atoms with E-state index in [-0.39, 0.29) is 23.2 Å². The van der Waals surface area contributed by atoms with Crippen molar-refractivity contribution in [2.24, 2.45) is 0 Å². The summed E-state index contributed by atoms with van der Waals surface area (Å²) in [7, 11) is 0. The Labute approximate surface area is 160 Å². The average Bonchev–Trinajstić information content (AvgIpc) is 3.23. The molecule has 1 N–H and O–H groups in total. The summed E-state index contributed by atoms with van der Waals surface area (Å²) in [6.45, 7) is 3.71. The van der Waals surface area contributed by atoms with Crippen LogP contribution in [0.2, 0.25) is 0 Å². The predicted octanol–water partition coefficient (Wildman–Crippen LogP) is 3.88. The van der Waals surface area contributed by atoms with Gasteiger partial charge in [-0.2, -0.15) is 5.10 Å². The van der Waals surface area contributed by atoms with Gasteiger partial charge in [0.25, 0.3) is 11.5 Å². The van der Waals surface area contributed by atoms with Gasteiger partial charge in [-0.15, -0.1) is 0 Å². The van der Waals surface area contributed by atoms with Crippen LogP contribution in [0.25, 0.3) is 22.1 Å². The maximum atomic E-state index is 12.9. The Bertz CT molecular complexity index is 1190. The quantitative estimate of drug-likeness (QED) is 0.585. The van der Waals surface area contributed by atoms with Crippen molar-refractivity contribution in [2.45, 2.75) is 19.9 Å². The number of fused-ring (bicyclic) bond motifs is 1. The molecule has 0 spiro atoms. The third kappa shape index (κ3) is 3.18. The minimum absolute atomic E-state index is 0.162. The monoisotopic (exact) mass is 374 g/mol. The number of aromatic nitrogens is 3. The molecular weight excluding hydrogens is 356 g/mol. The van der Waals surface area contributed by atoms with Gasteiger partial charge in [0.05, 0.1) is 17.6 Å². The van der Waals surface area contributed by atoms with Crippen molar-refractivity contribution >= 4 is 22.4 Å². The van der Waals surface area contributed by atoms with Crippen molar-refractivity contribution in [3.05, 3.63) is 77.2 Å². The lowest BCUT2D eigenvalue weighted by atomic mass is 10.1. The molecule has 0 atom stereocenters. The van der Waals surface area contributed by atoms with Gasteiger partial charge in [-0.25, -0.2) is 9.67 Å². The van der Waals surface area contributed by atoms with E-state index in [4.69, 9.17) is 4.42 Å². The fourth-order valence-corrected chi connectivity index (χ4v) is 2.99. The second-order valence-electron chi connectivity index (χ2n) is 6.63. The number of nitrogens with one attached hydrogen (secondary N) is 1. The summed E-state index contributed by atoms with van der Waals surface area (Å²) < 4.78 is 6.60. The van der Waals surface area contributed by atoms with Gasteiger partial charge in [0.1, 0.15) is 0 Å². The fraction of sp³-hybridized carbons (Fsp3) is 0.143. The van der Waals surface area contributed by atoms with E-state index in [1.165, 1.54) is 11.1 Å². The summed E-state index contributed by atoms with van der Waals surface area (Å²) in [5, 5.41) is 8.17. The fourth-order valence-electron chi connectivity index (χ4n) is 2.99. The zero-order valence-corrected chi connectivity index (χ0v) is 15.4. The molecule has 4 aromatic rings. The summed E-state index contributed by atoms with van der Waals surface area (Å²) >= 11 is 0. The molecular formula is C21H18N4O3. The second kappa shape index (κ2) is 7.11. The lowest BCUT2D eigenvalue weighted by molar-refractivity contribution is 0.102. The highest BCUT2D eigenvalue weighted by atomic mass is 16.3. The van der Waals surface area contributed by atoms with Crippen molar-refractivity contribution in [1.82, 2.24) is 14.8 Å². The van der Waals surface area contributed by atoms with Crippen LogP contribution in [0.5, 0.6) is 0 Å². The molecule has 0 aliphatic rings. The number of oxazole rings is 1. The molecule has 4 rings (SSSR count). The first-order chi connectivity index (χ1) is 13.5. The van der Waals surface area contributed by atoms with Crippen LogP contribution in [0.15, 0.2) is 70.3 Å². The van der Waals surface area contributed by atoms with Crippen molar-refractivity contribution < 1.29 is 9.21 Å². The number of amides is 1. The Morgan fingerprint density at radius 2 is 1.79 bits per heavy atom. The van der Waals surface area contributed by atoms with E-state index in [9.17, 15) is 9.59 Å². The molecule has 1 amide bonds. The van der Waals surface area contributed by atoms with Gasteiger partial charge in [-0.1, -0.05) is 18.2 Å². The first-order valence-corrected chi connectivity index (χ1v) is 8.86. The Kier molecular flexibility index (Phi) is 4.49. The first-order valence-electron chi connectivity index (χ1n) is 8.86. The van der Waals surface area contributed by atoms with Crippen LogP contribution >= 0.6 is 0 Å². The number of benzene rings is 2. The van der Waals surface area contributed by atoms with E-state index >= 15 is 0 Å². The molecule has 7 heteroatoms. The van der Waals surface area contributed by atoms with Gasteiger partial charge in [0, 0.05) is 16.6 Å². The van der Waals surface area contributed by atoms with E-state index in [2.05, 4.69) is 15.4 Å². The number of rotatable bonds is 4. The van der Waals surface area contributed by atoms with Crippen LogP contribution in [-0.4, -0.2) is 20.7 Å². The van der Waals surface area contributed by atoms with Crippen LogP contribution in [0.3, 0.4) is 0 Å². The third-order valence-electron chi connectivity index (χ3n) is 4.39. The van der Waals surface area contributed by atoms with Crippen LogP contribution in [-0.2, 0) is 0 Å². The maximum absolute atomic E-state index is 12.9. The highest BCUT2D eigenvalue weighted by molar-refractivity contribution is 6.11. The van der Waals surface area contributed by atoms with Gasteiger partial charge >= 0.3 is 0 Å². The SMILES string of the molecule is CC(C)n1nc(C(=O)Nc2ccc(-c3cnco3)cc2)c2ccccc2c1=O. The number of carbonyl (C=O) groups excluding carboxylic acids is 1. The van der Waals surface area contributed by atoms with Crippen molar-refractivity contribution in [3.8, 4) is 11.3 Å². The van der Waals surface area contributed by atoms with E-state index in [1.807, 2.05) is 26.0 Å². The van der Waals surface area contributed by atoms with Crippen LogP contribution in [0.4, 0.5) is 5.69 Å². The summed E-state index contributed by atoms with van der Waals surface area (Å²) in [6, 6.07) is 14.0. The van der Waals surface area contributed by atoms with E-state index < -0.39 is 0 Å². The molecule has 140 valence electrons. The van der Waals surface area contributed by atoms with Crippen LogP contribution < -0.4 is 10.9 Å². The standard InChI is InChI=1S/C21H18N4O3/c1-13(2)25-21(27)17-6-4-3-5-16(17)19(24-25)20(26)23-15-9-7-14(8-10-15)18-11-22-12-28-18/h3-13H,1-2H3,(H,23,26). The second-order valence-corrected chi connectivity index (χ2v) is 6.63. The van der Waals surface area contributed by atoms with Crippen molar-refractivity contribution in [2.75, 3.05) is 5.32 Å². The molecule has 2 aromatic heterocycles. The molecule has 0 aliphatic carbocycles. The lowest BCUT2D eigenvalue weighted by Gasteiger charge is -2.13. The maximum Gasteiger partial charge on any atom is 0.276 e. The van der Waals surface area contributed by atoms with Crippen molar-refractivity contribution in [1.29, 1.82) is 0 Å². The normalized spacial score (nSPS) is 11.1. The molecule has 2 heterocycles. The number of carbonyl (C=O) groups is 1. The molecule has 7 nitrogen and oxygen atoms in total. The van der Waals surface area contributed by atoms with E-state index in [0.29, 0.717) is 22.2 Å². The van der Waals surface area contributed by atoms with Gasteiger partial charge < -0.3 is 9.73 Å². The first kappa shape index (κ1) is 17.7. The average molecular weight is 374 g/mol. The van der Waals surface area contributed by atoms with Gasteiger partial charge in [-0.05, 0) is 44.2 Å². The predicted molar refractivity (Wildman–Crippen MR) is 106 cm³/mol. The molecule has 2 aromatic carbocycles. The molecule has 0 saturated heterocycles. The highest BCUT2D eigenvalue weighted by Crippen LogP contribution is 2.22. The van der Waals surface area contributed by atoms with Crippen molar-refractivity contribution in [3.63, 3.8) is 0 Å². The molecule has 28 heavy (non-hydrogen) atoms. The van der Waals surface area contributed by atoms with Crippen LogP contribution in [0.1, 0.15) is 30.4 Å². The lowest BCUT2D eigenvalue weighted by Crippen LogP contribution is -2.28. The highest BCUT2D eigenvalue weighted by Gasteiger charge is 2.18. The molecule has 0 unspecified atom stereocenters. The Balaban J connectivity index is 1.69. The van der Waals surface area contributed by atoms with Gasteiger partial charge in [0.15, 0.2) is 17.8 Å². The molecule has 0 saturated carbocycles. The Hall–Kier alpha value is -3.74. The number of hydrogen-bond acceptors (Lipinski definition) is 5. The minimum atomic E-state index is -0.377. The third-order valence-corrected chi connectivity index (χ3v) is 4.39. The molecule has 0 aliphatic heterocycles. The Morgan fingerprint density at radius 1 is 1.07 bits per heavy atom. The zero-order chi connectivity index (χ0) is 19.7. The summed E-state index contributed by atoms with van der Waals surface area (Å²) in [6.07, 6.45) is 2.99. The number of nitrogens with zero attached hydrogens (tertiary/aromatic N) is 3. The van der Waals surface area contributed by atoms with Gasteiger partial charge in [0.2, 0.25) is 0 Å². The van der Waals surface area contributed by atoms with E-state index in [0.717, 1.165) is 5.56 Å². The van der Waals surface area contributed by atoms with Gasteiger partial charge in [-0.3, -0.25) is 9.59 Å². The van der Waals surface area contributed by atoms with E-state index in [1.54, 1.807) is 42.6 Å². The largest absolute Gasteiger partial charge is 0.444 e. The topological polar surface area (TPSA) is 90.0 Å². The Morgan fingerprint density at radius 3 is 2.43 bits per heavy atom. The number of hydrogen-bond donors (Lipinski definition) is 1. The summed E-state index contributed by atoms with van der Waals surface area (Å²) in [5.41, 5.74) is 1.47.